The van der Waals surface area contributed by atoms with Gasteiger partial charge in [-0.3, -0.25) is 10.3 Å². The lowest BCUT2D eigenvalue weighted by atomic mass is 10.1. The Morgan fingerprint density at radius 1 is 1.04 bits per heavy atom. The number of esters is 1. The van der Waals surface area contributed by atoms with Crippen LogP contribution in [-0.2, 0) is 9.57 Å². The highest BCUT2D eigenvalue weighted by atomic mass is 79.9. The third kappa shape index (κ3) is 3.64. The molecular formula is C21H16BrNO3. The molecule has 0 aliphatic carbocycles. The molecule has 3 aromatic rings. The number of nitrogens with one attached hydrogen (secondary N) is 1. The molecule has 0 amide bonds. The zero-order valence-electron chi connectivity index (χ0n) is 13.8. The van der Waals surface area contributed by atoms with E-state index >= 15 is 0 Å². The second kappa shape index (κ2) is 7.32. The minimum Gasteiger partial charge on any atom is -0.459 e. The summed E-state index contributed by atoms with van der Waals surface area (Å²) in [6, 6.07) is 21.3. The van der Waals surface area contributed by atoms with E-state index in [0.29, 0.717) is 5.56 Å². The Kier molecular flexibility index (Phi) is 4.73. The number of ether oxygens (including phenoxy) is 1. The molecule has 1 aliphatic rings. The van der Waals surface area contributed by atoms with Crippen LogP contribution in [0.5, 0.6) is 0 Å². The summed E-state index contributed by atoms with van der Waals surface area (Å²) in [5.74, 6) is -0.357. The number of hydroxylamine groups is 1. The second-order valence-corrected chi connectivity index (χ2v) is 6.92. The third-order valence-electron chi connectivity index (χ3n) is 4.19. The van der Waals surface area contributed by atoms with Gasteiger partial charge in [-0.05, 0) is 46.7 Å². The molecule has 1 aliphatic heterocycles. The van der Waals surface area contributed by atoms with E-state index in [1.54, 1.807) is 6.07 Å². The van der Waals surface area contributed by atoms with Crippen LogP contribution in [0, 0.1) is 0 Å². The normalized spacial score (nSPS) is 16.2. The standard InChI is InChI=1S/C21H16BrNO3/c22-18-9-7-15(8-10-18)20-12-19(26-23-20)13-25-21(24)17-6-5-14-3-1-2-4-16(14)11-17/h1-12,19,23H,13H2/t19-/m0/s1. The van der Waals surface area contributed by atoms with Gasteiger partial charge in [-0.25, -0.2) is 4.79 Å². The molecule has 0 unspecified atom stereocenters. The maximum atomic E-state index is 12.3. The molecule has 1 N–H and O–H groups in total. The van der Waals surface area contributed by atoms with Crippen LogP contribution in [0.2, 0.25) is 0 Å². The fourth-order valence-corrected chi connectivity index (χ4v) is 3.08. The maximum absolute atomic E-state index is 12.3. The van der Waals surface area contributed by atoms with Gasteiger partial charge in [-0.1, -0.05) is 58.4 Å². The van der Waals surface area contributed by atoms with Gasteiger partial charge in [0, 0.05) is 4.47 Å². The molecule has 0 spiro atoms. The molecule has 1 heterocycles. The van der Waals surface area contributed by atoms with Gasteiger partial charge in [0.15, 0.2) is 0 Å². The van der Waals surface area contributed by atoms with Crippen molar-refractivity contribution in [2.45, 2.75) is 6.10 Å². The number of rotatable bonds is 4. The lowest BCUT2D eigenvalue weighted by Gasteiger charge is -2.09. The highest BCUT2D eigenvalue weighted by molar-refractivity contribution is 9.10. The number of hydrogen-bond acceptors (Lipinski definition) is 4. The van der Waals surface area contributed by atoms with Crippen LogP contribution < -0.4 is 5.48 Å². The molecule has 130 valence electrons. The summed E-state index contributed by atoms with van der Waals surface area (Å²) in [6.45, 7) is 0.151. The monoisotopic (exact) mass is 409 g/mol. The number of carbonyl (C=O) groups excluding carboxylic acids is 1. The average Bonchev–Trinajstić information content (AvgIpc) is 3.15. The van der Waals surface area contributed by atoms with E-state index < -0.39 is 0 Å². The minimum absolute atomic E-state index is 0.151. The fraction of sp³-hybridized carbons (Fsp3) is 0.0952. The van der Waals surface area contributed by atoms with Gasteiger partial charge in [0.25, 0.3) is 0 Å². The maximum Gasteiger partial charge on any atom is 0.338 e. The lowest BCUT2D eigenvalue weighted by Crippen LogP contribution is -2.20. The first kappa shape index (κ1) is 16.8. The first-order valence-corrected chi connectivity index (χ1v) is 9.04. The predicted octanol–water partition coefficient (Wildman–Crippen LogP) is 4.70. The molecule has 0 fully saturated rings. The van der Waals surface area contributed by atoms with Crippen LogP contribution in [0.15, 0.2) is 77.3 Å². The van der Waals surface area contributed by atoms with E-state index in [0.717, 1.165) is 26.5 Å². The van der Waals surface area contributed by atoms with Gasteiger partial charge in [-0.2, -0.15) is 0 Å². The number of carbonyl (C=O) groups is 1. The molecule has 5 heteroatoms. The van der Waals surface area contributed by atoms with Crippen molar-refractivity contribution in [1.29, 1.82) is 0 Å². The van der Waals surface area contributed by atoms with Crippen LogP contribution in [0.25, 0.3) is 16.5 Å². The van der Waals surface area contributed by atoms with Crippen molar-refractivity contribution >= 4 is 38.4 Å². The van der Waals surface area contributed by atoms with Gasteiger partial charge in [0.2, 0.25) is 0 Å². The van der Waals surface area contributed by atoms with Crippen molar-refractivity contribution in [3.8, 4) is 0 Å². The minimum atomic E-state index is -0.357. The molecule has 0 radical (unpaired) electrons. The first-order valence-electron chi connectivity index (χ1n) is 8.24. The Morgan fingerprint density at radius 2 is 1.81 bits per heavy atom. The van der Waals surface area contributed by atoms with Crippen molar-refractivity contribution < 1.29 is 14.4 Å². The molecule has 0 saturated heterocycles. The van der Waals surface area contributed by atoms with Crippen molar-refractivity contribution in [3.05, 3.63) is 88.4 Å². The molecule has 0 bridgehead atoms. The fourth-order valence-electron chi connectivity index (χ4n) is 2.82. The van der Waals surface area contributed by atoms with Crippen LogP contribution >= 0.6 is 15.9 Å². The molecule has 26 heavy (non-hydrogen) atoms. The SMILES string of the molecule is O=C(OC[C@@H]1C=C(c2ccc(Br)cc2)NO1)c1ccc2ccccc2c1. The first-order chi connectivity index (χ1) is 12.7. The van der Waals surface area contributed by atoms with Crippen molar-refractivity contribution in [2.24, 2.45) is 0 Å². The van der Waals surface area contributed by atoms with Gasteiger partial charge in [0.1, 0.15) is 12.7 Å². The summed E-state index contributed by atoms with van der Waals surface area (Å²) in [4.78, 5) is 17.8. The van der Waals surface area contributed by atoms with E-state index in [9.17, 15) is 4.79 Å². The molecule has 1 atom stereocenters. The smallest absolute Gasteiger partial charge is 0.338 e. The third-order valence-corrected chi connectivity index (χ3v) is 4.72. The van der Waals surface area contributed by atoms with E-state index in [1.165, 1.54) is 0 Å². The summed E-state index contributed by atoms with van der Waals surface area (Å²) in [5.41, 5.74) is 5.29. The average molecular weight is 410 g/mol. The van der Waals surface area contributed by atoms with Crippen LogP contribution in [-0.4, -0.2) is 18.7 Å². The zero-order valence-corrected chi connectivity index (χ0v) is 15.4. The van der Waals surface area contributed by atoms with Crippen molar-refractivity contribution in [1.82, 2.24) is 5.48 Å². The molecule has 3 aromatic carbocycles. The number of benzene rings is 3. The number of hydrogen-bond donors (Lipinski definition) is 1. The number of halogens is 1. The van der Waals surface area contributed by atoms with E-state index in [-0.39, 0.29) is 18.7 Å². The quantitative estimate of drug-likeness (QED) is 0.634. The van der Waals surface area contributed by atoms with Crippen LogP contribution in [0.3, 0.4) is 0 Å². The largest absolute Gasteiger partial charge is 0.459 e. The van der Waals surface area contributed by atoms with Crippen LogP contribution in [0.4, 0.5) is 0 Å². The Hall–Kier alpha value is -2.63. The number of fused-ring (bicyclic) bond motifs is 1. The molecular weight excluding hydrogens is 394 g/mol. The second-order valence-electron chi connectivity index (χ2n) is 6.01. The topological polar surface area (TPSA) is 47.6 Å². The summed E-state index contributed by atoms with van der Waals surface area (Å²) < 4.78 is 6.42. The molecule has 0 saturated carbocycles. The van der Waals surface area contributed by atoms with Gasteiger partial charge < -0.3 is 4.74 Å². The Balaban J connectivity index is 1.40. The van der Waals surface area contributed by atoms with Crippen molar-refractivity contribution in [3.63, 3.8) is 0 Å². The van der Waals surface area contributed by atoms with Crippen molar-refractivity contribution in [2.75, 3.05) is 6.61 Å². The highest BCUT2D eigenvalue weighted by Crippen LogP contribution is 2.21. The zero-order chi connectivity index (χ0) is 17.9. The summed E-state index contributed by atoms with van der Waals surface area (Å²) in [7, 11) is 0. The molecule has 4 rings (SSSR count). The summed E-state index contributed by atoms with van der Waals surface area (Å²) >= 11 is 3.42. The van der Waals surface area contributed by atoms with E-state index in [1.807, 2.05) is 66.7 Å². The Morgan fingerprint density at radius 3 is 2.62 bits per heavy atom. The predicted molar refractivity (Wildman–Crippen MR) is 104 cm³/mol. The Bertz CT molecular complexity index is 982. The van der Waals surface area contributed by atoms with Gasteiger partial charge >= 0.3 is 5.97 Å². The Labute approximate surface area is 159 Å². The highest BCUT2D eigenvalue weighted by Gasteiger charge is 2.20. The van der Waals surface area contributed by atoms with E-state index in [4.69, 9.17) is 9.57 Å². The van der Waals surface area contributed by atoms with Gasteiger partial charge in [0.05, 0.1) is 11.3 Å². The van der Waals surface area contributed by atoms with Crippen LogP contribution in [0.1, 0.15) is 15.9 Å². The molecule has 0 aromatic heterocycles. The van der Waals surface area contributed by atoms with Gasteiger partial charge in [-0.15, -0.1) is 0 Å². The van der Waals surface area contributed by atoms with E-state index in [2.05, 4.69) is 21.4 Å². The lowest BCUT2D eigenvalue weighted by molar-refractivity contribution is -0.00352. The molecule has 4 nitrogen and oxygen atoms in total. The summed E-state index contributed by atoms with van der Waals surface area (Å²) in [6.07, 6.45) is 1.59. The summed E-state index contributed by atoms with van der Waals surface area (Å²) in [5, 5.41) is 2.10.